The van der Waals surface area contributed by atoms with Crippen LogP contribution in [0.4, 0.5) is 5.69 Å². The predicted octanol–water partition coefficient (Wildman–Crippen LogP) is 4.57. The van der Waals surface area contributed by atoms with E-state index in [1.807, 2.05) is 6.07 Å². The summed E-state index contributed by atoms with van der Waals surface area (Å²) in [6.07, 6.45) is 4.42. The number of fused-ring (bicyclic) bond motifs is 1. The lowest BCUT2D eigenvalue weighted by molar-refractivity contribution is -0.384. The highest BCUT2D eigenvalue weighted by Crippen LogP contribution is 2.37. The largest absolute Gasteiger partial charge is 0.361 e. The molecule has 5 heteroatoms. The Morgan fingerprint density at radius 1 is 1.16 bits per heavy atom. The number of hydrogen-bond acceptors (Lipinski definition) is 3. The Hall–Kier alpha value is -2.66. The van der Waals surface area contributed by atoms with E-state index >= 15 is 0 Å². The van der Waals surface area contributed by atoms with Crippen molar-refractivity contribution in [2.45, 2.75) is 25.8 Å². The van der Waals surface area contributed by atoms with E-state index in [-0.39, 0.29) is 16.7 Å². The van der Waals surface area contributed by atoms with Crippen molar-refractivity contribution >= 4 is 16.6 Å². The Bertz CT molecular complexity index is 926. The van der Waals surface area contributed by atoms with Crippen LogP contribution in [0.15, 0.2) is 48.7 Å². The zero-order valence-electron chi connectivity index (χ0n) is 14.2. The molecule has 0 aliphatic carbocycles. The zero-order valence-corrected chi connectivity index (χ0v) is 14.2. The lowest BCUT2D eigenvalue weighted by Crippen LogP contribution is -2.26. The number of nitro groups is 1. The van der Waals surface area contributed by atoms with Gasteiger partial charge in [-0.05, 0) is 49.5 Å². The van der Waals surface area contributed by atoms with Crippen LogP contribution in [-0.2, 0) is 0 Å². The van der Waals surface area contributed by atoms with Crippen LogP contribution in [0.25, 0.3) is 10.9 Å². The van der Waals surface area contributed by atoms with Gasteiger partial charge in [-0.1, -0.05) is 30.3 Å². The van der Waals surface area contributed by atoms with Crippen molar-refractivity contribution in [3.8, 4) is 0 Å². The van der Waals surface area contributed by atoms with E-state index in [9.17, 15) is 10.1 Å². The quantitative estimate of drug-likeness (QED) is 0.561. The SMILES string of the molecule is Cc1cccc2c(C(c3cccc([N+](=O)[O-])c3)N3CCCC3)c[nH]c12. The van der Waals surface area contributed by atoms with Gasteiger partial charge in [0.25, 0.3) is 5.69 Å². The van der Waals surface area contributed by atoms with Crippen molar-refractivity contribution < 1.29 is 4.92 Å². The van der Waals surface area contributed by atoms with Gasteiger partial charge in [-0.25, -0.2) is 0 Å². The predicted molar refractivity (Wildman–Crippen MR) is 98.8 cm³/mol. The lowest BCUT2D eigenvalue weighted by Gasteiger charge is -2.28. The van der Waals surface area contributed by atoms with Gasteiger partial charge in [-0.3, -0.25) is 15.0 Å². The third kappa shape index (κ3) is 2.81. The summed E-state index contributed by atoms with van der Waals surface area (Å²) >= 11 is 0. The van der Waals surface area contributed by atoms with Crippen molar-refractivity contribution in [3.05, 3.63) is 75.5 Å². The van der Waals surface area contributed by atoms with E-state index in [1.165, 1.54) is 29.4 Å². The number of aromatic amines is 1. The third-order valence-electron chi connectivity index (χ3n) is 5.15. The molecule has 128 valence electrons. The Morgan fingerprint density at radius 2 is 1.92 bits per heavy atom. The molecule has 0 bridgehead atoms. The van der Waals surface area contributed by atoms with Crippen LogP contribution < -0.4 is 0 Å². The molecule has 1 N–H and O–H groups in total. The van der Waals surface area contributed by atoms with Gasteiger partial charge in [-0.15, -0.1) is 0 Å². The Labute approximate surface area is 146 Å². The molecule has 2 aromatic carbocycles. The maximum absolute atomic E-state index is 11.2. The highest BCUT2D eigenvalue weighted by atomic mass is 16.6. The number of nitrogens with zero attached hydrogens (tertiary/aromatic N) is 2. The summed E-state index contributed by atoms with van der Waals surface area (Å²) in [5.74, 6) is 0. The number of benzene rings is 2. The maximum Gasteiger partial charge on any atom is 0.269 e. The number of aryl methyl sites for hydroxylation is 1. The number of aromatic nitrogens is 1. The molecular formula is C20H21N3O2. The number of hydrogen-bond donors (Lipinski definition) is 1. The number of non-ortho nitro benzene ring substituents is 1. The fraction of sp³-hybridized carbons (Fsp3) is 0.300. The van der Waals surface area contributed by atoms with Gasteiger partial charge in [0.2, 0.25) is 0 Å². The molecule has 5 nitrogen and oxygen atoms in total. The van der Waals surface area contributed by atoms with Crippen LogP contribution in [0.1, 0.15) is 35.6 Å². The molecule has 1 fully saturated rings. The molecule has 1 saturated heterocycles. The monoisotopic (exact) mass is 335 g/mol. The van der Waals surface area contributed by atoms with E-state index < -0.39 is 0 Å². The van der Waals surface area contributed by atoms with Crippen molar-refractivity contribution in [3.63, 3.8) is 0 Å². The van der Waals surface area contributed by atoms with Crippen molar-refractivity contribution in [2.75, 3.05) is 13.1 Å². The topological polar surface area (TPSA) is 62.2 Å². The summed E-state index contributed by atoms with van der Waals surface area (Å²) in [7, 11) is 0. The van der Waals surface area contributed by atoms with Gasteiger partial charge in [0.1, 0.15) is 0 Å². The second-order valence-corrected chi connectivity index (χ2v) is 6.74. The zero-order chi connectivity index (χ0) is 17.4. The second-order valence-electron chi connectivity index (χ2n) is 6.74. The van der Waals surface area contributed by atoms with Crippen LogP contribution >= 0.6 is 0 Å². The summed E-state index contributed by atoms with van der Waals surface area (Å²) in [5, 5.41) is 12.4. The van der Waals surface area contributed by atoms with E-state index in [0.717, 1.165) is 24.2 Å². The van der Waals surface area contributed by atoms with Crippen molar-refractivity contribution in [1.82, 2.24) is 9.88 Å². The smallest absolute Gasteiger partial charge is 0.269 e. The Kier molecular flexibility index (Phi) is 4.01. The van der Waals surface area contributed by atoms with E-state index in [1.54, 1.807) is 18.2 Å². The lowest BCUT2D eigenvalue weighted by atomic mass is 9.96. The first-order valence-electron chi connectivity index (χ1n) is 8.70. The maximum atomic E-state index is 11.2. The van der Waals surface area contributed by atoms with Crippen molar-refractivity contribution in [1.29, 1.82) is 0 Å². The summed E-state index contributed by atoms with van der Waals surface area (Å²) in [6, 6.07) is 13.4. The van der Waals surface area contributed by atoms with E-state index in [0.29, 0.717) is 0 Å². The second kappa shape index (κ2) is 6.33. The van der Waals surface area contributed by atoms with Gasteiger partial charge in [0.15, 0.2) is 0 Å². The van der Waals surface area contributed by atoms with Gasteiger partial charge in [0, 0.05) is 29.2 Å². The molecule has 0 saturated carbocycles. The molecule has 1 atom stereocenters. The fourth-order valence-corrected chi connectivity index (χ4v) is 3.95. The van der Waals surface area contributed by atoms with Gasteiger partial charge in [0.05, 0.1) is 11.0 Å². The molecule has 0 spiro atoms. The number of rotatable bonds is 4. The molecular weight excluding hydrogens is 314 g/mol. The van der Waals surface area contributed by atoms with Crippen LogP contribution in [-0.4, -0.2) is 27.9 Å². The molecule has 0 radical (unpaired) electrons. The van der Waals surface area contributed by atoms with Crippen molar-refractivity contribution in [2.24, 2.45) is 0 Å². The Balaban J connectivity index is 1.88. The first-order valence-corrected chi connectivity index (χ1v) is 8.70. The minimum atomic E-state index is -0.316. The summed E-state index contributed by atoms with van der Waals surface area (Å²) in [5.41, 5.74) is 4.69. The van der Waals surface area contributed by atoms with Gasteiger partial charge >= 0.3 is 0 Å². The van der Waals surface area contributed by atoms with Crippen LogP contribution in [0.3, 0.4) is 0 Å². The highest BCUT2D eigenvalue weighted by molar-refractivity contribution is 5.86. The summed E-state index contributed by atoms with van der Waals surface area (Å²) in [6.45, 7) is 4.14. The van der Waals surface area contributed by atoms with Gasteiger partial charge < -0.3 is 4.98 Å². The Morgan fingerprint density at radius 3 is 2.68 bits per heavy atom. The molecule has 1 unspecified atom stereocenters. The summed E-state index contributed by atoms with van der Waals surface area (Å²) in [4.78, 5) is 16.8. The number of H-pyrrole nitrogens is 1. The molecule has 4 rings (SSSR count). The normalized spacial score (nSPS) is 16.4. The standard InChI is InChI=1S/C20H21N3O2/c1-14-6-4-9-17-18(13-21-19(14)17)20(22-10-2-3-11-22)15-7-5-8-16(12-15)23(24)25/h4-9,12-13,20-21H,2-3,10-11H2,1H3. The molecule has 1 aromatic heterocycles. The first kappa shape index (κ1) is 15.8. The van der Waals surface area contributed by atoms with Crippen LogP contribution in [0, 0.1) is 17.0 Å². The molecule has 3 aromatic rings. The number of para-hydroxylation sites is 1. The average molecular weight is 335 g/mol. The van der Waals surface area contributed by atoms with Crippen LogP contribution in [0.2, 0.25) is 0 Å². The fourth-order valence-electron chi connectivity index (χ4n) is 3.95. The third-order valence-corrected chi connectivity index (χ3v) is 5.15. The number of nitrogens with one attached hydrogen (secondary N) is 1. The minimum Gasteiger partial charge on any atom is -0.361 e. The molecule has 2 heterocycles. The molecule has 1 aliphatic heterocycles. The first-order chi connectivity index (χ1) is 12.1. The summed E-state index contributed by atoms with van der Waals surface area (Å²) < 4.78 is 0. The minimum absolute atomic E-state index is 0.0398. The average Bonchev–Trinajstić information content (AvgIpc) is 3.27. The number of likely N-dealkylation sites (tertiary alicyclic amines) is 1. The van der Waals surface area contributed by atoms with Gasteiger partial charge in [-0.2, -0.15) is 0 Å². The molecule has 0 amide bonds. The van der Waals surface area contributed by atoms with E-state index in [4.69, 9.17) is 0 Å². The van der Waals surface area contributed by atoms with Crippen LogP contribution in [0.5, 0.6) is 0 Å². The number of nitro benzene ring substituents is 1. The highest BCUT2D eigenvalue weighted by Gasteiger charge is 2.28. The molecule has 25 heavy (non-hydrogen) atoms. The van der Waals surface area contributed by atoms with E-state index in [2.05, 4.69) is 41.2 Å². The molecule has 1 aliphatic rings.